The van der Waals surface area contributed by atoms with Crippen LogP contribution in [-0.2, 0) is 0 Å². The number of hydrogen-bond donors (Lipinski definition) is 2. The lowest BCUT2D eigenvalue weighted by molar-refractivity contribution is 0.324. The smallest absolute Gasteiger partial charge is 0.229 e. The van der Waals surface area contributed by atoms with E-state index in [0.717, 1.165) is 22.8 Å². The highest BCUT2D eigenvalue weighted by Crippen LogP contribution is 2.40. The summed E-state index contributed by atoms with van der Waals surface area (Å²) in [4.78, 5) is 8.99. The second-order valence-electron chi connectivity index (χ2n) is 6.11. The molecule has 0 radical (unpaired) electrons. The van der Waals surface area contributed by atoms with Crippen LogP contribution in [0.3, 0.4) is 0 Å². The van der Waals surface area contributed by atoms with Crippen molar-refractivity contribution in [1.29, 1.82) is 0 Å². The maximum absolute atomic E-state index is 5.40. The molecule has 0 spiro atoms. The number of nitrogens with zero attached hydrogens (tertiary/aromatic N) is 2. The van der Waals surface area contributed by atoms with Crippen LogP contribution in [0, 0.1) is 6.92 Å². The van der Waals surface area contributed by atoms with Gasteiger partial charge in [0.15, 0.2) is 11.5 Å². The molecule has 0 aliphatic heterocycles. The van der Waals surface area contributed by atoms with E-state index in [-0.39, 0.29) is 0 Å². The van der Waals surface area contributed by atoms with Gasteiger partial charge in [0.05, 0.1) is 28.4 Å². The third kappa shape index (κ3) is 4.78. The van der Waals surface area contributed by atoms with Crippen molar-refractivity contribution in [3.63, 3.8) is 0 Å². The van der Waals surface area contributed by atoms with Gasteiger partial charge in [-0.25, -0.2) is 4.98 Å². The SMILES string of the molecule is COc1ccc(Nc2nc(C)cc(Nc3cc(OC)c(OC)c(OC)c3)n2)cc1. The van der Waals surface area contributed by atoms with E-state index < -0.39 is 0 Å². The molecule has 1 aromatic heterocycles. The third-order valence-electron chi connectivity index (χ3n) is 4.14. The molecule has 1 heterocycles. The summed E-state index contributed by atoms with van der Waals surface area (Å²) in [5.74, 6) is 3.52. The Hall–Kier alpha value is -3.68. The van der Waals surface area contributed by atoms with E-state index in [4.69, 9.17) is 18.9 Å². The molecule has 0 saturated carbocycles. The van der Waals surface area contributed by atoms with Gasteiger partial charge in [-0.05, 0) is 31.2 Å². The second kappa shape index (κ2) is 9.01. The van der Waals surface area contributed by atoms with Gasteiger partial charge in [0.2, 0.25) is 11.7 Å². The summed E-state index contributed by atoms with van der Waals surface area (Å²) >= 11 is 0. The molecule has 0 fully saturated rings. The Bertz CT molecular complexity index is 952. The van der Waals surface area contributed by atoms with Gasteiger partial charge >= 0.3 is 0 Å². The number of aryl methyl sites for hydroxylation is 1. The molecular formula is C21H24N4O4. The Morgan fingerprint density at radius 2 is 1.34 bits per heavy atom. The predicted octanol–water partition coefficient (Wildman–Crippen LogP) is 4.31. The molecule has 0 amide bonds. The molecule has 0 saturated heterocycles. The zero-order valence-electron chi connectivity index (χ0n) is 17.1. The normalized spacial score (nSPS) is 10.2. The third-order valence-corrected chi connectivity index (χ3v) is 4.14. The highest BCUT2D eigenvalue weighted by atomic mass is 16.5. The van der Waals surface area contributed by atoms with Crippen molar-refractivity contribution in [3.05, 3.63) is 48.2 Å². The molecule has 3 rings (SSSR count). The van der Waals surface area contributed by atoms with Crippen LogP contribution in [0.15, 0.2) is 42.5 Å². The Morgan fingerprint density at radius 3 is 1.90 bits per heavy atom. The standard InChI is InChI=1S/C21H24N4O4/c1-13-10-19(23-15-11-17(27-3)20(29-5)18(12-15)28-4)25-21(22-13)24-14-6-8-16(26-2)9-7-14/h6-12H,1-5H3,(H2,22,23,24,25). The highest BCUT2D eigenvalue weighted by molar-refractivity contribution is 5.67. The first-order valence-electron chi connectivity index (χ1n) is 8.90. The molecule has 8 heteroatoms. The van der Waals surface area contributed by atoms with Crippen LogP contribution in [0.25, 0.3) is 0 Å². The molecule has 29 heavy (non-hydrogen) atoms. The zero-order chi connectivity index (χ0) is 20.8. The van der Waals surface area contributed by atoms with Crippen LogP contribution >= 0.6 is 0 Å². The number of methoxy groups -OCH3 is 4. The first-order valence-corrected chi connectivity index (χ1v) is 8.90. The van der Waals surface area contributed by atoms with Gasteiger partial charge in [-0.2, -0.15) is 4.98 Å². The molecular weight excluding hydrogens is 372 g/mol. The van der Waals surface area contributed by atoms with Gasteiger partial charge in [0.1, 0.15) is 11.6 Å². The van der Waals surface area contributed by atoms with Crippen LogP contribution < -0.4 is 29.6 Å². The Labute approximate surface area is 169 Å². The summed E-state index contributed by atoms with van der Waals surface area (Å²) in [5.41, 5.74) is 2.41. The van der Waals surface area contributed by atoms with E-state index in [9.17, 15) is 0 Å². The van der Waals surface area contributed by atoms with Crippen LogP contribution in [-0.4, -0.2) is 38.4 Å². The van der Waals surface area contributed by atoms with E-state index in [1.807, 2.05) is 49.4 Å². The molecule has 0 atom stereocenters. The minimum absolute atomic E-state index is 0.477. The molecule has 0 aliphatic rings. The van der Waals surface area contributed by atoms with Gasteiger partial charge < -0.3 is 29.6 Å². The molecule has 152 valence electrons. The average molecular weight is 396 g/mol. The van der Waals surface area contributed by atoms with Crippen LogP contribution in [0.5, 0.6) is 23.0 Å². The fourth-order valence-electron chi connectivity index (χ4n) is 2.79. The van der Waals surface area contributed by atoms with Crippen LogP contribution in [0.2, 0.25) is 0 Å². The van der Waals surface area contributed by atoms with Gasteiger partial charge in [0, 0.05) is 35.3 Å². The monoisotopic (exact) mass is 396 g/mol. The lowest BCUT2D eigenvalue weighted by Crippen LogP contribution is -2.03. The quantitative estimate of drug-likeness (QED) is 0.583. The van der Waals surface area contributed by atoms with Crippen LogP contribution in [0.1, 0.15) is 5.69 Å². The first-order chi connectivity index (χ1) is 14.1. The fraction of sp³-hybridized carbons (Fsp3) is 0.238. The van der Waals surface area contributed by atoms with Crippen LogP contribution in [0.4, 0.5) is 23.1 Å². The Balaban J connectivity index is 1.86. The fourth-order valence-corrected chi connectivity index (χ4v) is 2.79. The summed E-state index contributed by atoms with van der Waals surface area (Å²) in [6, 6.07) is 13.0. The van der Waals surface area contributed by atoms with Crippen molar-refractivity contribution in [2.75, 3.05) is 39.1 Å². The summed E-state index contributed by atoms with van der Waals surface area (Å²) in [6.45, 7) is 1.90. The van der Waals surface area contributed by atoms with Gasteiger partial charge in [-0.3, -0.25) is 0 Å². The summed E-state index contributed by atoms with van der Waals surface area (Å²) in [7, 11) is 6.35. The van der Waals surface area contributed by atoms with E-state index in [0.29, 0.717) is 29.0 Å². The zero-order valence-corrected chi connectivity index (χ0v) is 17.1. The van der Waals surface area contributed by atoms with Crippen molar-refractivity contribution in [3.8, 4) is 23.0 Å². The summed E-state index contributed by atoms with van der Waals surface area (Å²) < 4.78 is 21.3. The molecule has 0 bridgehead atoms. The van der Waals surface area contributed by atoms with Crippen molar-refractivity contribution in [2.45, 2.75) is 6.92 Å². The molecule has 2 aromatic carbocycles. The number of anilines is 4. The number of nitrogens with one attached hydrogen (secondary N) is 2. The average Bonchev–Trinajstić information content (AvgIpc) is 2.73. The molecule has 8 nitrogen and oxygen atoms in total. The largest absolute Gasteiger partial charge is 0.497 e. The van der Waals surface area contributed by atoms with E-state index in [1.54, 1.807) is 28.4 Å². The van der Waals surface area contributed by atoms with Crippen molar-refractivity contribution in [1.82, 2.24) is 9.97 Å². The number of rotatable bonds is 8. The number of benzene rings is 2. The summed E-state index contributed by atoms with van der Waals surface area (Å²) in [6.07, 6.45) is 0. The lowest BCUT2D eigenvalue weighted by Gasteiger charge is -2.15. The predicted molar refractivity (Wildman–Crippen MR) is 112 cm³/mol. The number of aromatic nitrogens is 2. The second-order valence-corrected chi connectivity index (χ2v) is 6.11. The molecule has 0 unspecified atom stereocenters. The van der Waals surface area contributed by atoms with E-state index >= 15 is 0 Å². The first kappa shape index (κ1) is 20.1. The maximum Gasteiger partial charge on any atom is 0.229 e. The lowest BCUT2D eigenvalue weighted by atomic mass is 10.2. The number of hydrogen-bond acceptors (Lipinski definition) is 8. The minimum atomic E-state index is 0.477. The highest BCUT2D eigenvalue weighted by Gasteiger charge is 2.14. The van der Waals surface area contributed by atoms with E-state index in [1.165, 1.54) is 0 Å². The minimum Gasteiger partial charge on any atom is -0.497 e. The Kier molecular flexibility index (Phi) is 6.23. The molecule has 2 N–H and O–H groups in total. The molecule has 0 aliphatic carbocycles. The van der Waals surface area contributed by atoms with Crippen molar-refractivity contribution in [2.24, 2.45) is 0 Å². The Morgan fingerprint density at radius 1 is 0.690 bits per heavy atom. The maximum atomic E-state index is 5.40. The van der Waals surface area contributed by atoms with Crippen molar-refractivity contribution >= 4 is 23.1 Å². The van der Waals surface area contributed by atoms with Crippen molar-refractivity contribution < 1.29 is 18.9 Å². The topological polar surface area (TPSA) is 86.8 Å². The van der Waals surface area contributed by atoms with Gasteiger partial charge in [-0.15, -0.1) is 0 Å². The van der Waals surface area contributed by atoms with E-state index in [2.05, 4.69) is 20.6 Å². The number of ether oxygens (including phenoxy) is 4. The van der Waals surface area contributed by atoms with Gasteiger partial charge in [0.25, 0.3) is 0 Å². The molecule has 3 aromatic rings. The summed E-state index contributed by atoms with van der Waals surface area (Å²) in [5, 5.41) is 6.46. The van der Waals surface area contributed by atoms with Gasteiger partial charge in [-0.1, -0.05) is 0 Å².